The molecule has 7 nitrogen and oxygen atoms in total. The van der Waals surface area contributed by atoms with E-state index >= 15 is 0 Å². The third kappa shape index (κ3) is 4.67. The van der Waals surface area contributed by atoms with Gasteiger partial charge < -0.3 is 14.1 Å². The summed E-state index contributed by atoms with van der Waals surface area (Å²) >= 11 is 6.94. The number of furan rings is 1. The molecule has 27 heavy (non-hydrogen) atoms. The van der Waals surface area contributed by atoms with Crippen LogP contribution in [0.4, 0.5) is 5.88 Å². The van der Waals surface area contributed by atoms with Gasteiger partial charge in [0.2, 0.25) is 0 Å². The first-order valence-electron chi connectivity index (χ1n) is 7.90. The number of aromatic nitrogens is 1. The first kappa shape index (κ1) is 19.4. The maximum absolute atomic E-state index is 12.0. The highest BCUT2D eigenvalue weighted by Gasteiger charge is 2.13. The van der Waals surface area contributed by atoms with Gasteiger partial charge in [-0.1, -0.05) is 22.0 Å². The molecule has 1 N–H and O–H groups in total. The molecule has 0 bridgehead atoms. The van der Waals surface area contributed by atoms with E-state index in [-0.39, 0.29) is 6.61 Å². The number of benzene rings is 1. The van der Waals surface area contributed by atoms with Gasteiger partial charge in [-0.2, -0.15) is 5.10 Å². The number of hydrogen-bond donors (Lipinski definition) is 1. The molecule has 3 aromatic rings. The van der Waals surface area contributed by atoms with Crippen LogP contribution in [0.5, 0.6) is 5.75 Å². The Morgan fingerprint density at radius 3 is 2.89 bits per heavy atom. The van der Waals surface area contributed by atoms with Crippen molar-refractivity contribution in [2.24, 2.45) is 5.10 Å². The van der Waals surface area contributed by atoms with Gasteiger partial charge in [0.15, 0.2) is 18.2 Å². The lowest BCUT2D eigenvalue weighted by Gasteiger charge is -2.11. The van der Waals surface area contributed by atoms with Gasteiger partial charge in [-0.25, -0.2) is 5.43 Å². The van der Waals surface area contributed by atoms with Crippen molar-refractivity contribution in [2.45, 2.75) is 0 Å². The lowest BCUT2D eigenvalue weighted by atomic mass is 10.2. The fourth-order valence-corrected chi connectivity index (χ4v) is 3.66. The van der Waals surface area contributed by atoms with Gasteiger partial charge in [-0.15, -0.1) is 0 Å². The summed E-state index contributed by atoms with van der Waals surface area (Å²) in [6.07, 6.45) is 3.10. The Morgan fingerprint density at radius 2 is 2.15 bits per heavy atom. The summed E-state index contributed by atoms with van der Waals surface area (Å²) in [4.78, 5) is 18.2. The summed E-state index contributed by atoms with van der Waals surface area (Å²) < 4.78 is 12.7. The number of nitrogens with one attached hydrogen (secondary N) is 1. The number of carbonyl (C=O) groups excluding carboxylic acids is 1. The quantitative estimate of drug-likeness (QED) is 0.413. The minimum absolute atomic E-state index is 0.204. The third-order valence-electron chi connectivity index (χ3n) is 3.53. The van der Waals surface area contributed by atoms with Crippen LogP contribution in [-0.2, 0) is 4.79 Å². The van der Waals surface area contributed by atoms with Gasteiger partial charge in [0.25, 0.3) is 5.91 Å². The predicted molar refractivity (Wildman–Crippen MR) is 111 cm³/mol. The highest BCUT2D eigenvalue weighted by molar-refractivity contribution is 9.11. The van der Waals surface area contributed by atoms with Crippen molar-refractivity contribution in [1.82, 2.24) is 10.4 Å². The number of hydrogen-bond acceptors (Lipinski definition) is 6. The van der Waals surface area contributed by atoms with Gasteiger partial charge in [0.05, 0.1) is 10.7 Å². The average molecular weight is 496 g/mol. The van der Waals surface area contributed by atoms with Gasteiger partial charge >= 0.3 is 0 Å². The van der Waals surface area contributed by atoms with Crippen LogP contribution in [0, 0.1) is 0 Å². The average Bonchev–Trinajstić information content (AvgIpc) is 3.11. The zero-order valence-electron chi connectivity index (χ0n) is 14.6. The SMILES string of the molecule is CN(C)c1ccc(/C=N/NC(=O)COc2c(Br)cc(Br)c3cccnc23)o1. The molecule has 0 aliphatic heterocycles. The van der Waals surface area contributed by atoms with E-state index in [0.717, 1.165) is 9.86 Å². The number of carbonyl (C=O) groups is 1. The summed E-state index contributed by atoms with van der Waals surface area (Å²) in [5.74, 6) is 1.33. The third-order valence-corrected chi connectivity index (χ3v) is 4.78. The van der Waals surface area contributed by atoms with Crippen molar-refractivity contribution >= 4 is 60.8 Å². The van der Waals surface area contributed by atoms with Gasteiger partial charge in [-0.3, -0.25) is 9.78 Å². The topological polar surface area (TPSA) is 80.0 Å². The van der Waals surface area contributed by atoms with Gasteiger partial charge in [0, 0.05) is 36.2 Å². The van der Waals surface area contributed by atoms with E-state index in [9.17, 15) is 4.79 Å². The zero-order valence-corrected chi connectivity index (χ0v) is 17.7. The van der Waals surface area contributed by atoms with Crippen molar-refractivity contribution < 1.29 is 13.9 Å². The number of pyridine rings is 1. The molecular weight excluding hydrogens is 480 g/mol. The van der Waals surface area contributed by atoms with Crippen molar-refractivity contribution in [1.29, 1.82) is 0 Å². The Labute approximate surface area is 172 Å². The summed E-state index contributed by atoms with van der Waals surface area (Å²) in [7, 11) is 3.75. The summed E-state index contributed by atoms with van der Waals surface area (Å²) in [5, 5.41) is 4.77. The monoisotopic (exact) mass is 494 g/mol. The summed E-state index contributed by atoms with van der Waals surface area (Å²) in [5.41, 5.74) is 3.06. The van der Waals surface area contributed by atoms with E-state index in [0.29, 0.717) is 27.4 Å². The molecule has 0 radical (unpaired) electrons. The minimum atomic E-state index is -0.399. The standard InChI is InChI=1S/C18H16Br2N4O3/c1-24(2)16-6-5-11(27-16)9-22-23-15(25)10-26-18-14(20)8-13(19)12-4-3-7-21-17(12)18/h3-9H,10H2,1-2H3,(H,23,25)/b22-9+. The van der Waals surface area contributed by atoms with Crippen molar-refractivity contribution in [2.75, 3.05) is 25.6 Å². The molecule has 0 fully saturated rings. The van der Waals surface area contributed by atoms with E-state index in [1.165, 1.54) is 6.21 Å². The molecule has 9 heteroatoms. The van der Waals surface area contributed by atoms with Crippen molar-refractivity contribution in [3.63, 3.8) is 0 Å². The van der Waals surface area contributed by atoms with Crippen molar-refractivity contribution in [3.05, 3.63) is 51.2 Å². The Kier molecular flexibility index (Phi) is 6.12. The number of fused-ring (bicyclic) bond motifs is 1. The largest absolute Gasteiger partial charge is 0.480 e. The number of amides is 1. The van der Waals surface area contributed by atoms with Crippen LogP contribution in [0.15, 0.2) is 55.0 Å². The molecule has 0 unspecified atom stereocenters. The molecule has 0 aliphatic carbocycles. The Hall–Kier alpha value is -2.39. The molecule has 0 aliphatic rings. The molecule has 1 amide bonds. The van der Waals surface area contributed by atoms with E-state index < -0.39 is 5.91 Å². The smallest absolute Gasteiger partial charge is 0.277 e. The number of halogens is 2. The molecule has 0 spiro atoms. The van der Waals surface area contributed by atoms with Crippen LogP contribution in [0.1, 0.15) is 5.76 Å². The predicted octanol–water partition coefficient (Wildman–Crippen LogP) is 3.95. The minimum Gasteiger partial charge on any atom is -0.480 e. The van der Waals surface area contributed by atoms with E-state index in [2.05, 4.69) is 47.4 Å². The highest BCUT2D eigenvalue weighted by Crippen LogP contribution is 2.37. The summed E-state index contributed by atoms with van der Waals surface area (Å²) in [6.45, 7) is -0.204. The first-order chi connectivity index (χ1) is 13.0. The molecule has 1 aromatic carbocycles. The maximum Gasteiger partial charge on any atom is 0.277 e. The van der Waals surface area contributed by atoms with Gasteiger partial charge in [0.1, 0.15) is 11.3 Å². The molecule has 2 aromatic heterocycles. The zero-order chi connectivity index (χ0) is 19.4. The van der Waals surface area contributed by atoms with Crippen LogP contribution >= 0.6 is 31.9 Å². The van der Waals surface area contributed by atoms with Crippen molar-refractivity contribution in [3.8, 4) is 5.75 Å². The first-order valence-corrected chi connectivity index (χ1v) is 9.49. The molecular formula is C18H16Br2N4O3. The normalized spacial score (nSPS) is 11.1. The summed E-state index contributed by atoms with van der Waals surface area (Å²) in [6, 6.07) is 9.19. The number of ether oxygens (including phenoxy) is 1. The van der Waals surface area contributed by atoms with E-state index in [4.69, 9.17) is 9.15 Å². The second-order valence-corrected chi connectivity index (χ2v) is 7.43. The van der Waals surface area contributed by atoms with Crippen LogP contribution in [0.25, 0.3) is 10.9 Å². The molecule has 0 saturated carbocycles. The second-order valence-electron chi connectivity index (χ2n) is 5.72. The van der Waals surface area contributed by atoms with E-state index in [1.54, 1.807) is 12.3 Å². The lowest BCUT2D eigenvalue weighted by Crippen LogP contribution is -2.24. The van der Waals surface area contributed by atoms with Crippen LogP contribution < -0.4 is 15.1 Å². The second kappa shape index (κ2) is 8.53. The molecule has 0 saturated heterocycles. The van der Waals surface area contributed by atoms with Crippen LogP contribution in [-0.4, -0.2) is 37.8 Å². The maximum atomic E-state index is 12.0. The fourth-order valence-electron chi connectivity index (χ4n) is 2.27. The number of nitrogens with zero attached hydrogens (tertiary/aromatic N) is 3. The molecule has 2 heterocycles. The molecule has 3 rings (SSSR count). The van der Waals surface area contributed by atoms with E-state index in [1.807, 2.05) is 43.3 Å². The fraction of sp³-hybridized carbons (Fsp3) is 0.167. The number of rotatable bonds is 6. The molecule has 140 valence electrons. The Morgan fingerprint density at radius 1 is 1.33 bits per heavy atom. The number of anilines is 1. The Balaban J connectivity index is 1.62. The van der Waals surface area contributed by atoms with Crippen LogP contribution in [0.3, 0.4) is 0 Å². The lowest BCUT2D eigenvalue weighted by molar-refractivity contribution is -0.123. The van der Waals surface area contributed by atoms with Gasteiger partial charge in [-0.05, 0) is 34.1 Å². The highest BCUT2D eigenvalue weighted by atomic mass is 79.9. The number of hydrazone groups is 1. The molecule has 0 atom stereocenters. The Bertz CT molecular complexity index is 1000. The van der Waals surface area contributed by atoms with Crippen LogP contribution in [0.2, 0.25) is 0 Å².